The number of alkyl halides is 3. The largest absolute Gasteiger partial charge is 0.418 e. The summed E-state index contributed by atoms with van der Waals surface area (Å²) in [4.78, 5) is 33.8. The average molecular weight is 532 g/mol. The lowest BCUT2D eigenvalue weighted by Gasteiger charge is -2.27. The normalized spacial score (nSPS) is 17.1. The monoisotopic (exact) mass is 532 g/mol. The summed E-state index contributed by atoms with van der Waals surface area (Å²) in [5.74, 6) is -1.62. The van der Waals surface area contributed by atoms with Crippen molar-refractivity contribution < 1.29 is 31.9 Å². The molecule has 0 spiro atoms. The Morgan fingerprint density at radius 1 is 1.08 bits per heavy atom. The van der Waals surface area contributed by atoms with Gasteiger partial charge in [0.05, 0.1) is 23.4 Å². The lowest BCUT2D eigenvalue weighted by atomic mass is 9.96. The van der Waals surface area contributed by atoms with Crippen molar-refractivity contribution in [2.75, 3.05) is 30.9 Å². The molecule has 38 heavy (non-hydrogen) atoms. The number of carbonyl (C=O) groups excluding carboxylic acids is 2. The van der Waals surface area contributed by atoms with E-state index in [4.69, 9.17) is 4.74 Å². The number of anilines is 3. The number of carbonyl (C=O) groups is 2. The molecule has 1 saturated heterocycles. The summed E-state index contributed by atoms with van der Waals surface area (Å²) in [5, 5.41) is 10.9. The molecule has 0 aliphatic carbocycles. The van der Waals surface area contributed by atoms with E-state index in [-0.39, 0.29) is 37.4 Å². The van der Waals surface area contributed by atoms with E-state index in [1.807, 2.05) is 0 Å². The second-order valence-electron chi connectivity index (χ2n) is 8.58. The summed E-state index contributed by atoms with van der Waals surface area (Å²) >= 11 is 0. The topological polar surface area (TPSA) is 117 Å². The minimum atomic E-state index is -4.73. The van der Waals surface area contributed by atoms with Crippen molar-refractivity contribution in [1.29, 1.82) is 0 Å². The molecule has 2 amide bonds. The van der Waals surface area contributed by atoms with Crippen LogP contribution in [0.1, 0.15) is 27.9 Å². The fraction of sp³-hybridized carbons (Fsp3) is 0.280. The van der Waals surface area contributed by atoms with Crippen LogP contribution in [0.4, 0.5) is 34.9 Å². The summed E-state index contributed by atoms with van der Waals surface area (Å²) in [6.07, 6.45) is -1.78. The lowest BCUT2D eigenvalue weighted by Crippen LogP contribution is -2.59. The molecule has 0 radical (unpaired) electrons. The predicted octanol–water partition coefficient (Wildman–Crippen LogP) is 3.63. The van der Waals surface area contributed by atoms with Gasteiger partial charge in [0, 0.05) is 44.7 Å². The first-order valence-corrected chi connectivity index (χ1v) is 11.5. The quantitative estimate of drug-likeness (QED) is 0.328. The highest BCUT2D eigenvalue weighted by atomic mass is 19.4. The fourth-order valence-corrected chi connectivity index (χ4v) is 3.84. The van der Waals surface area contributed by atoms with Gasteiger partial charge < -0.3 is 26.0 Å². The van der Waals surface area contributed by atoms with Gasteiger partial charge in [-0.15, -0.1) is 0 Å². The number of aromatic nitrogens is 2. The molecule has 2 heterocycles. The van der Waals surface area contributed by atoms with Crippen LogP contribution < -0.4 is 21.3 Å². The Hall–Kier alpha value is -4.26. The van der Waals surface area contributed by atoms with E-state index in [0.717, 1.165) is 12.1 Å². The molecule has 3 aromatic rings. The molecule has 1 aliphatic rings. The van der Waals surface area contributed by atoms with Gasteiger partial charge in [0.15, 0.2) is 0 Å². The van der Waals surface area contributed by atoms with Crippen molar-refractivity contribution >= 4 is 29.1 Å². The van der Waals surface area contributed by atoms with Crippen LogP contribution in [0.5, 0.6) is 0 Å². The van der Waals surface area contributed by atoms with Crippen LogP contribution in [0.2, 0.25) is 0 Å². The van der Waals surface area contributed by atoms with Crippen LogP contribution in [-0.2, 0) is 22.3 Å². The summed E-state index contributed by atoms with van der Waals surface area (Å²) in [6.45, 7) is 0.371. The number of amides is 2. The highest BCUT2D eigenvalue weighted by Crippen LogP contribution is 2.36. The third kappa shape index (κ3) is 6.17. The van der Waals surface area contributed by atoms with E-state index >= 15 is 0 Å². The zero-order valence-electron chi connectivity index (χ0n) is 20.2. The number of ether oxygens (including phenoxy) is 1. The number of nitrogens with one attached hydrogen (secondary N) is 4. The molecule has 1 fully saturated rings. The highest BCUT2D eigenvalue weighted by Gasteiger charge is 2.43. The minimum Gasteiger partial charge on any atom is -0.378 e. The second kappa shape index (κ2) is 11.0. The third-order valence-electron chi connectivity index (χ3n) is 5.92. The lowest BCUT2D eigenvalue weighted by molar-refractivity contribution is -0.137. The molecule has 0 saturated carbocycles. The first kappa shape index (κ1) is 26.8. The smallest absolute Gasteiger partial charge is 0.378 e. The first-order valence-electron chi connectivity index (χ1n) is 11.5. The summed E-state index contributed by atoms with van der Waals surface area (Å²) in [5.41, 5.74) is -1.50. The van der Waals surface area contributed by atoms with Crippen molar-refractivity contribution in [3.63, 3.8) is 0 Å². The van der Waals surface area contributed by atoms with Gasteiger partial charge in [-0.1, -0.05) is 12.1 Å². The Morgan fingerprint density at radius 3 is 2.39 bits per heavy atom. The zero-order valence-corrected chi connectivity index (χ0v) is 20.2. The molecule has 1 aliphatic heterocycles. The molecule has 2 aromatic carbocycles. The molecular formula is C25H24F4N6O3. The number of rotatable bonds is 8. The van der Waals surface area contributed by atoms with Crippen molar-refractivity contribution in [3.8, 4) is 0 Å². The fourth-order valence-electron chi connectivity index (χ4n) is 3.84. The van der Waals surface area contributed by atoms with Crippen LogP contribution in [-0.4, -0.2) is 47.6 Å². The number of hydrogen-bond donors (Lipinski definition) is 4. The van der Waals surface area contributed by atoms with Gasteiger partial charge in [-0.25, -0.2) is 14.4 Å². The Balaban J connectivity index is 1.39. The molecular weight excluding hydrogens is 508 g/mol. The maximum absolute atomic E-state index is 13.3. The molecule has 13 heteroatoms. The molecule has 200 valence electrons. The number of nitrogens with zero attached hydrogens (tertiary/aromatic N) is 2. The SMILES string of the molecule is CNc1ncc(C(=O)N[C@@]2(C(=O)NCc3ccc(Nc4ccc(F)cc4C(F)(F)F)cc3)CCOC2)cn1. The van der Waals surface area contributed by atoms with Gasteiger partial charge in [0.1, 0.15) is 11.4 Å². The molecule has 0 unspecified atom stereocenters. The van der Waals surface area contributed by atoms with E-state index in [1.165, 1.54) is 24.5 Å². The Bertz CT molecular complexity index is 1290. The zero-order chi connectivity index (χ0) is 27.3. The van der Waals surface area contributed by atoms with Gasteiger partial charge in [-0.3, -0.25) is 9.59 Å². The third-order valence-corrected chi connectivity index (χ3v) is 5.92. The van der Waals surface area contributed by atoms with Crippen molar-refractivity contribution in [1.82, 2.24) is 20.6 Å². The second-order valence-corrected chi connectivity index (χ2v) is 8.58. The maximum atomic E-state index is 13.3. The summed E-state index contributed by atoms with van der Waals surface area (Å²) in [6, 6.07) is 8.70. The summed E-state index contributed by atoms with van der Waals surface area (Å²) < 4.78 is 58.5. The van der Waals surface area contributed by atoms with Crippen LogP contribution >= 0.6 is 0 Å². The minimum absolute atomic E-state index is 0.0118. The molecule has 9 nitrogen and oxygen atoms in total. The van der Waals surface area contributed by atoms with E-state index in [9.17, 15) is 27.2 Å². The van der Waals surface area contributed by atoms with E-state index in [1.54, 1.807) is 19.2 Å². The van der Waals surface area contributed by atoms with Gasteiger partial charge >= 0.3 is 6.18 Å². The number of halogens is 4. The Labute approximate surface area is 215 Å². The predicted molar refractivity (Wildman–Crippen MR) is 130 cm³/mol. The van der Waals surface area contributed by atoms with Crippen LogP contribution in [0.3, 0.4) is 0 Å². The van der Waals surface area contributed by atoms with Gasteiger partial charge in [0.2, 0.25) is 11.9 Å². The number of benzene rings is 2. The number of hydrogen-bond acceptors (Lipinski definition) is 7. The first-order chi connectivity index (χ1) is 18.1. The van der Waals surface area contributed by atoms with Gasteiger partial charge in [-0.2, -0.15) is 13.2 Å². The summed E-state index contributed by atoms with van der Waals surface area (Å²) in [7, 11) is 1.64. The molecule has 1 aromatic heterocycles. The van der Waals surface area contributed by atoms with Crippen molar-refractivity contribution in [2.24, 2.45) is 0 Å². The van der Waals surface area contributed by atoms with Crippen LogP contribution in [0.25, 0.3) is 0 Å². The molecule has 4 rings (SSSR count). The van der Waals surface area contributed by atoms with Crippen molar-refractivity contribution in [3.05, 3.63) is 77.4 Å². The highest BCUT2D eigenvalue weighted by molar-refractivity contribution is 5.99. The molecule has 0 bridgehead atoms. The average Bonchev–Trinajstić information content (AvgIpc) is 3.38. The van der Waals surface area contributed by atoms with Crippen LogP contribution in [0, 0.1) is 5.82 Å². The molecule has 4 N–H and O–H groups in total. The van der Waals surface area contributed by atoms with Gasteiger partial charge in [0.25, 0.3) is 5.91 Å². The Morgan fingerprint density at radius 2 is 1.79 bits per heavy atom. The van der Waals surface area contributed by atoms with E-state index < -0.39 is 34.9 Å². The maximum Gasteiger partial charge on any atom is 0.418 e. The van der Waals surface area contributed by atoms with Crippen LogP contribution in [0.15, 0.2) is 54.9 Å². The Kier molecular flexibility index (Phi) is 7.76. The molecule has 1 atom stereocenters. The van der Waals surface area contributed by atoms with Crippen molar-refractivity contribution in [2.45, 2.75) is 24.7 Å². The standard InChI is InChI=1S/C25H24F4N6O3/c1-30-23-32-12-16(13-33-23)21(36)35-24(8-9-38-14-24)22(37)31-11-15-2-5-18(6-3-15)34-20-7-4-17(26)10-19(20)25(27,28)29/h2-7,10,12-13,34H,8-9,11,14H2,1H3,(H,31,37)(H,35,36)(H,30,32,33)/t24-/m0/s1. The van der Waals surface area contributed by atoms with E-state index in [2.05, 4.69) is 31.2 Å². The van der Waals surface area contributed by atoms with Gasteiger partial charge in [-0.05, 0) is 35.9 Å². The van der Waals surface area contributed by atoms with E-state index in [0.29, 0.717) is 23.3 Å².